The maximum Gasteiger partial charge on any atom is 0.223 e. The van der Waals surface area contributed by atoms with Crippen LogP contribution in [0.25, 0.3) is 0 Å². The highest BCUT2D eigenvalue weighted by Gasteiger charge is 2.25. The topological polar surface area (TPSA) is 58.6 Å². The molecule has 2 rings (SSSR count). The summed E-state index contributed by atoms with van der Waals surface area (Å²) in [7, 11) is 0. The van der Waals surface area contributed by atoms with E-state index >= 15 is 0 Å². The van der Waals surface area contributed by atoms with E-state index in [1.807, 2.05) is 11.8 Å². The molecule has 5 nitrogen and oxygen atoms in total. The number of hydrogen-bond donors (Lipinski definition) is 1. The molecule has 0 aromatic heterocycles. The zero-order chi connectivity index (χ0) is 17.2. The minimum Gasteiger partial charge on any atom is -0.381 e. The number of nitrogens with one attached hydrogen (secondary N) is 1. The molecule has 0 bridgehead atoms. The van der Waals surface area contributed by atoms with Crippen LogP contribution in [0.4, 0.5) is 0 Å². The molecule has 1 N–H and O–H groups in total. The summed E-state index contributed by atoms with van der Waals surface area (Å²) >= 11 is 0. The van der Waals surface area contributed by atoms with Gasteiger partial charge in [-0.05, 0) is 32.6 Å². The fourth-order valence-corrected chi connectivity index (χ4v) is 3.90. The monoisotopic (exact) mass is 338 g/mol. The molecule has 1 heterocycles. The van der Waals surface area contributed by atoms with Crippen LogP contribution in [0.1, 0.15) is 77.6 Å². The molecule has 0 aromatic carbocycles. The van der Waals surface area contributed by atoms with Crippen LogP contribution in [-0.2, 0) is 14.3 Å². The Balaban J connectivity index is 1.71. The molecule has 2 amide bonds. The molecule has 2 aliphatic rings. The molecule has 1 saturated heterocycles. The van der Waals surface area contributed by atoms with Crippen LogP contribution >= 0.6 is 0 Å². The molecular weight excluding hydrogens is 304 g/mol. The van der Waals surface area contributed by atoms with Crippen molar-refractivity contribution < 1.29 is 14.3 Å². The van der Waals surface area contributed by atoms with Crippen molar-refractivity contribution in [2.24, 2.45) is 0 Å². The third kappa shape index (κ3) is 6.42. The highest BCUT2D eigenvalue weighted by molar-refractivity contribution is 5.84. The van der Waals surface area contributed by atoms with Gasteiger partial charge in [-0.25, -0.2) is 0 Å². The Labute approximate surface area is 146 Å². The first-order valence-corrected chi connectivity index (χ1v) is 9.87. The van der Waals surface area contributed by atoms with Gasteiger partial charge in [-0.15, -0.1) is 0 Å². The average molecular weight is 338 g/mol. The van der Waals surface area contributed by atoms with E-state index in [0.717, 1.165) is 38.9 Å². The maximum atomic E-state index is 12.5. The van der Waals surface area contributed by atoms with Crippen LogP contribution in [0.2, 0.25) is 0 Å². The van der Waals surface area contributed by atoms with Gasteiger partial charge in [0, 0.05) is 44.7 Å². The molecule has 0 unspecified atom stereocenters. The van der Waals surface area contributed by atoms with Gasteiger partial charge in [-0.3, -0.25) is 9.59 Å². The lowest BCUT2D eigenvalue weighted by atomic mass is 9.96. The van der Waals surface area contributed by atoms with Crippen LogP contribution in [0.3, 0.4) is 0 Å². The second kappa shape index (κ2) is 10.7. The SMILES string of the molecule is CCN(C(=O)CCC(=O)NC1CCCCCCC1)C1CCOCC1. The number of carbonyl (C=O) groups is 2. The van der Waals surface area contributed by atoms with Crippen molar-refractivity contribution in [3.8, 4) is 0 Å². The van der Waals surface area contributed by atoms with Crippen molar-refractivity contribution in [3.63, 3.8) is 0 Å². The number of hydrogen-bond acceptors (Lipinski definition) is 3. The van der Waals surface area contributed by atoms with E-state index in [-0.39, 0.29) is 17.9 Å². The number of ether oxygens (including phenoxy) is 1. The van der Waals surface area contributed by atoms with E-state index in [0.29, 0.717) is 25.4 Å². The summed E-state index contributed by atoms with van der Waals surface area (Å²) in [5.74, 6) is 0.147. The third-order valence-electron chi connectivity index (χ3n) is 5.33. The zero-order valence-electron chi connectivity index (χ0n) is 15.2. The molecule has 0 radical (unpaired) electrons. The Morgan fingerprint density at radius 1 is 0.958 bits per heavy atom. The molecule has 1 aliphatic carbocycles. The number of amides is 2. The minimum absolute atomic E-state index is 0.0388. The summed E-state index contributed by atoms with van der Waals surface area (Å²) in [6, 6.07) is 0.593. The molecule has 1 aliphatic heterocycles. The zero-order valence-corrected chi connectivity index (χ0v) is 15.2. The molecule has 0 atom stereocenters. The van der Waals surface area contributed by atoms with Gasteiger partial charge in [-0.1, -0.05) is 32.1 Å². The van der Waals surface area contributed by atoms with E-state index in [4.69, 9.17) is 4.74 Å². The number of carbonyl (C=O) groups excluding carboxylic acids is 2. The fourth-order valence-electron chi connectivity index (χ4n) is 3.90. The first kappa shape index (κ1) is 19.2. The molecule has 2 fully saturated rings. The summed E-state index contributed by atoms with van der Waals surface area (Å²) < 4.78 is 5.37. The summed E-state index contributed by atoms with van der Waals surface area (Å²) in [6.45, 7) is 4.20. The second-order valence-electron chi connectivity index (χ2n) is 7.13. The molecule has 5 heteroatoms. The van der Waals surface area contributed by atoms with E-state index in [9.17, 15) is 9.59 Å². The van der Waals surface area contributed by atoms with Crippen LogP contribution in [0, 0.1) is 0 Å². The van der Waals surface area contributed by atoms with Gasteiger partial charge < -0.3 is 15.0 Å². The van der Waals surface area contributed by atoms with Gasteiger partial charge in [0.05, 0.1) is 0 Å². The average Bonchev–Trinajstić information content (AvgIpc) is 2.57. The third-order valence-corrected chi connectivity index (χ3v) is 5.33. The summed E-state index contributed by atoms with van der Waals surface area (Å²) in [4.78, 5) is 26.6. The fraction of sp³-hybridized carbons (Fsp3) is 0.895. The van der Waals surface area contributed by atoms with E-state index in [1.54, 1.807) is 0 Å². The number of nitrogens with zero attached hydrogens (tertiary/aromatic N) is 1. The predicted octanol–water partition coefficient (Wildman–Crippen LogP) is 3.02. The highest BCUT2D eigenvalue weighted by Crippen LogP contribution is 2.18. The predicted molar refractivity (Wildman–Crippen MR) is 94.7 cm³/mol. The first-order chi connectivity index (χ1) is 11.7. The Morgan fingerprint density at radius 3 is 2.21 bits per heavy atom. The summed E-state index contributed by atoms with van der Waals surface area (Å²) in [5, 5.41) is 3.15. The molecular formula is C19H34N2O3. The van der Waals surface area contributed by atoms with E-state index in [1.165, 1.54) is 32.1 Å². The summed E-state index contributed by atoms with van der Waals surface area (Å²) in [6.07, 6.45) is 10.9. The Kier molecular flexibility index (Phi) is 8.57. The molecule has 0 aromatic rings. The van der Waals surface area contributed by atoms with E-state index < -0.39 is 0 Å². The molecule has 1 saturated carbocycles. The van der Waals surface area contributed by atoms with Gasteiger partial charge in [0.25, 0.3) is 0 Å². The maximum absolute atomic E-state index is 12.5. The smallest absolute Gasteiger partial charge is 0.223 e. The second-order valence-corrected chi connectivity index (χ2v) is 7.13. The Hall–Kier alpha value is -1.10. The molecule has 138 valence electrons. The Morgan fingerprint density at radius 2 is 1.58 bits per heavy atom. The van der Waals surface area contributed by atoms with Gasteiger partial charge in [0.15, 0.2) is 0 Å². The van der Waals surface area contributed by atoms with Gasteiger partial charge in [0.2, 0.25) is 11.8 Å². The Bertz CT molecular complexity index is 386. The first-order valence-electron chi connectivity index (χ1n) is 9.87. The van der Waals surface area contributed by atoms with Crippen molar-refractivity contribution >= 4 is 11.8 Å². The van der Waals surface area contributed by atoms with Crippen LogP contribution < -0.4 is 5.32 Å². The quantitative estimate of drug-likeness (QED) is 0.810. The van der Waals surface area contributed by atoms with Gasteiger partial charge in [0.1, 0.15) is 0 Å². The lowest BCUT2D eigenvalue weighted by molar-refractivity contribution is -0.137. The van der Waals surface area contributed by atoms with E-state index in [2.05, 4.69) is 5.32 Å². The van der Waals surface area contributed by atoms with Gasteiger partial charge in [-0.2, -0.15) is 0 Å². The van der Waals surface area contributed by atoms with Crippen LogP contribution in [0.5, 0.6) is 0 Å². The van der Waals surface area contributed by atoms with Crippen molar-refractivity contribution in [1.82, 2.24) is 10.2 Å². The summed E-state index contributed by atoms with van der Waals surface area (Å²) in [5.41, 5.74) is 0. The lowest BCUT2D eigenvalue weighted by Crippen LogP contribution is -2.43. The van der Waals surface area contributed by atoms with Gasteiger partial charge >= 0.3 is 0 Å². The molecule has 24 heavy (non-hydrogen) atoms. The molecule has 0 spiro atoms. The van der Waals surface area contributed by atoms with Crippen molar-refractivity contribution in [2.75, 3.05) is 19.8 Å². The highest BCUT2D eigenvalue weighted by atomic mass is 16.5. The van der Waals surface area contributed by atoms with Crippen molar-refractivity contribution in [1.29, 1.82) is 0 Å². The van der Waals surface area contributed by atoms with Crippen LogP contribution in [-0.4, -0.2) is 48.6 Å². The minimum atomic E-state index is 0.0388. The van der Waals surface area contributed by atoms with Crippen molar-refractivity contribution in [3.05, 3.63) is 0 Å². The number of rotatable bonds is 6. The lowest BCUT2D eigenvalue weighted by Gasteiger charge is -2.33. The largest absolute Gasteiger partial charge is 0.381 e. The van der Waals surface area contributed by atoms with Crippen LogP contribution in [0.15, 0.2) is 0 Å². The standard InChI is InChI=1S/C19H34N2O3/c1-2-21(17-12-14-24-15-13-17)19(23)11-10-18(22)20-16-8-6-4-3-5-7-9-16/h16-17H,2-15H2,1H3,(H,20,22). The van der Waals surface area contributed by atoms with Crippen molar-refractivity contribution in [2.45, 2.75) is 89.6 Å². The normalized spacial score (nSPS) is 20.9.